The Morgan fingerprint density at radius 3 is 2.33 bits per heavy atom. The summed E-state index contributed by atoms with van der Waals surface area (Å²) in [5.74, 6) is 0. The highest BCUT2D eigenvalue weighted by atomic mass is 32.2. The second-order valence-electron chi connectivity index (χ2n) is 5.67. The molecule has 0 heterocycles. The minimum Gasteiger partial charge on any atom is -0.391 e. The van der Waals surface area contributed by atoms with E-state index >= 15 is 0 Å². The number of aliphatic hydroxyl groups is 1. The highest BCUT2D eigenvalue weighted by Crippen LogP contribution is 2.22. The molecule has 3 aromatic rings. The van der Waals surface area contributed by atoms with Crippen molar-refractivity contribution in [3.05, 3.63) is 78.4 Å². The molecule has 0 aliphatic carbocycles. The lowest BCUT2D eigenvalue weighted by Gasteiger charge is -2.13. The van der Waals surface area contributed by atoms with Gasteiger partial charge in [-0.05, 0) is 23.4 Å². The van der Waals surface area contributed by atoms with Crippen molar-refractivity contribution in [2.75, 3.05) is 6.54 Å². The van der Waals surface area contributed by atoms with Gasteiger partial charge in [-0.1, -0.05) is 66.7 Å². The molecule has 3 rings (SSSR count). The summed E-state index contributed by atoms with van der Waals surface area (Å²) >= 11 is 0. The van der Waals surface area contributed by atoms with E-state index in [0.717, 1.165) is 10.9 Å². The van der Waals surface area contributed by atoms with Crippen molar-refractivity contribution in [3.8, 4) is 0 Å². The first-order chi connectivity index (χ1) is 11.6. The molecule has 0 fully saturated rings. The van der Waals surface area contributed by atoms with Crippen molar-refractivity contribution >= 4 is 20.8 Å². The van der Waals surface area contributed by atoms with Crippen LogP contribution in [-0.4, -0.2) is 26.2 Å². The standard InChI is InChI=1S/C19H19NO3S/c21-17(13-15-7-2-1-3-8-15)14-20-24(22,23)19-12-6-10-16-9-4-5-11-18(16)19/h1-12,17,20-21H,13-14H2. The van der Waals surface area contributed by atoms with Crippen LogP contribution in [-0.2, 0) is 16.4 Å². The molecule has 5 heteroatoms. The number of sulfonamides is 1. The minimum atomic E-state index is -3.68. The lowest BCUT2D eigenvalue weighted by atomic mass is 10.1. The number of benzene rings is 3. The number of nitrogens with one attached hydrogen (secondary N) is 1. The molecule has 0 spiro atoms. The van der Waals surface area contributed by atoms with Crippen LogP contribution >= 0.6 is 0 Å². The summed E-state index contributed by atoms with van der Waals surface area (Å²) in [5.41, 5.74) is 0.967. The summed E-state index contributed by atoms with van der Waals surface area (Å²) in [6.07, 6.45) is -0.379. The first kappa shape index (κ1) is 16.6. The van der Waals surface area contributed by atoms with E-state index in [1.165, 1.54) is 0 Å². The molecular weight excluding hydrogens is 322 g/mol. The van der Waals surface area contributed by atoms with Gasteiger partial charge in [-0.15, -0.1) is 0 Å². The molecule has 0 aromatic heterocycles. The van der Waals surface area contributed by atoms with Crippen LogP contribution in [0.3, 0.4) is 0 Å². The number of rotatable bonds is 6. The van der Waals surface area contributed by atoms with Gasteiger partial charge in [0.1, 0.15) is 0 Å². The monoisotopic (exact) mass is 341 g/mol. The molecule has 124 valence electrons. The van der Waals surface area contributed by atoms with Gasteiger partial charge in [0.25, 0.3) is 0 Å². The third kappa shape index (κ3) is 3.82. The fraction of sp³-hybridized carbons (Fsp3) is 0.158. The molecule has 0 bridgehead atoms. The van der Waals surface area contributed by atoms with E-state index in [1.807, 2.05) is 54.6 Å². The Morgan fingerprint density at radius 2 is 1.54 bits per heavy atom. The van der Waals surface area contributed by atoms with Crippen LogP contribution in [0.15, 0.2) is 77.7 Å². The van der Waals surface area contributed by atoms with Crippen molar-refractivity contribution in [3.63, 3.8) is 0 Å². The molecule has 0 amide bonds. The molecule has 3 aromatic carbocycles. The van der Waals surface area contributed by atoms with Gasteiger partial charge >= 0.3 is 0 Å². The molecule has 24 heavy (non-hydrogen) atoms. The topological polar surface area (TPSA) is 66.4 Å². The normalized spacial score (nSPS) is 13.0. The van der Waals surface area contributed by atoms with Gasteiger partial charge in [-0.25, -0.2) is 13.1 Å². The Morgan fingerprint density at radius 1 is 0.875 bits per heavy atom. The molecule has 0 radical (unpaired) electrons. The zero-order chi connectivity index (χ0) is 17.0. The molecule has 0 aliphatic heterocycles. The Balaban J connectivity index is 1.74. The largest absolute Gasteiger partial charge is 0.391 e. The molecule has 0 saturated carbocycles. The van der Waals surface area contributed by atoms with Crippen LogP contribution in [0.1, 0.15) is 5.56 Å². The molecule has 1 unspecified atom stereocenters. The van der Waals surface area contributed by atoms with Crippen molar-refractivity contribution in [1.29, 1.82) is 0 Å². The fourth-order valence-electron chi connectivity index (χ4n) is 2.67. The van der Waals surface area contributed by atoms with Gasteiger partial charge in [0.15, 0.2) is 0 Å². The minimum absolute atomic E-state index is 0.0273. The SMILES string of the molecule is O=S(=O)(NCC(O)Cc1ccccc1)c1cccc2ccccc12. The maximum absolute atomic E-state index is 12.6. The second-order valence-corrected chi connectivity index (χ2v) is 7.41. The lowest BCUT2D eigenvalue weighted by Crippen LogP contribution is -2.33. The summed E-state index contributed by atoms with van der Waals surface area (Å²) in [4.78, 5) is 0.229. The van der Waals surface area contributed by atoms with E-state index in [-0.39, 0.29) is 11.4 Å². The van der Waals surface area contributed by atoms with E-state index < -0.39 is 16.1 Å². The Bertz CT molecular complexity index is 918. The molecule has 4 nitrogen and oxygen atoms in total. The van der Waals surface area contributed by atoms with Crippen molar-refractivity contribution < 1.29 is 13.5 Å². The summed E-state index contributed by atoms with van der Waals surface area (Å²) in [5, 5.41) is 11.6. The summed E-state index contributed by atoms with van der Waals surface area (Å²) in [6.45, 7) is -0.0273. The van der Waals surface area contributed by atoms with E-state index in [4.69, 9.17) is 0 Å². The Hall–Kier alpha value is -2.21. The second kappa shape index (κ2) is 7.13. The maximum Gasteiger partial charge on any atom is 0.241 e. The smallest absolute Gasteiger partial charge is 0.241 e. The zero-order valence-electron chi connectivity index (χ0n) is 13.1. The lowest BCUT2D eigenvalue weighted by molar-refractivity contribution is 0.179. The molecule has 2 N–H and O–H groups in total. The number of hydrogen-bond acceptors (Lipinski definition) is 3. The van der Waals surface area contributed by atoms with Crippen LogP contribution in [0, 0.1) is 0 Å². The van der Waals surface area contributed by atoms with Crippen molar-refractivity contribution in [2.24, 2.45) is 0 Å². The summed E-state index contributed by atoms with van der Waals surface area (Å²) in [6, 6.07) is 22.0. The van der Waals surface area contributed by atoms with Crippen LogP contribution in [0.4, 0.5) is 0 Å². The van der Waals surface area contributed by atoms with E-state index in [0.29, 0.717) is 11.8 Å². The van der Waals surface area contributed by atoms with E-state index in [1.54, 1.807) is 18.2 Å². The number of hydrogen-bond donors (Lipinski definition) is 2. The molecule has 1 atom stereocenters. The average Bonchev–Trinajstić information content (AvgIpc) is 2.60. The third-order valence-corrected chi connectivity index (χ3v) is 5.34. The molecule has 0 saturated heterocycles. The van der Waals surface area contributed by atoms with Crippen LogP contribution in [0.5, 0.6) is 0 Å². The highest BCUT2D eigenvalue weighted by molar-refractivity contribution is 7.89. The van der Waals surface area contributed by atoms with E-state index in [9.17, 15) is 13.5 Å². The van der Waals surface area contributed by atoms with Crippen molar-refractivity contribution in [2.45, 2.75) is 17.4 Å². The van der Waals surface area contributed by atoms with Gasteiger partial charge in [0.2, 0.25) is 10.0 Å². The highest BCUT2D eigenvalue weighted by Gasteiger charge is 2.18. The van der Waals surface area contributed by atoms with Gasteiger partial charge in [-0.3, -0.25) is 0 Å². The molecule has 0 aliphatic rings. The number of aliphatic hydroxyl groups excluding tert-OH is 1. The van der Waals surface area contributed by atoms with Gasteiger partial charge in [0.05, 0.1) is 11.0 Å². The van der Waals surface area contributed by atoms with Crippen LogP contribution in [0.25, 0.3) is 10.8 Å². The van der Waals surface area contributed by atoms with Crippen LogP contribution < -0.4 is 4.72 Å². The first-order valence-electron chi connectivity index (χ1n) is 7.76. The fourth-order valence-corrected chi connectivity index (χ4v) is 3.97. The van der Waals surface area contributed by atoms with Crippen molar-refractivity contribution in [1.82, 2.24) is 4.72 Å². The summed E-state index contributed by atoms with van der Waals surface area (Å²) in [7, 11) is -3.68. The predicted octanol–water partition coefficient (Wildman–Crippen LogP) is 2.72. The maximum atomic E-state index is 12.6. The Labute approximate surface area is 141 Å². The first-order valence-corrected chi connectivity index (χ1v) is 9.24. The Kier molecular flexibility index (Phi) is 4.94. The van der Waals surface area contributed by atoms with Gasteiger partial charge in [0, 0.05) is 11.9 Å². The zero-order valence-corrected chi connectivity index (χ0v) is 13.9. The van der Waals surface area contributed by atoms with E-state index in [2.05, 4.69) is 4.72 Å². The summed E-state index contributed by atoms with van der Waals surface area (Å²) < 4.78 is 27.7. The van der Waals surface area contributed by atoms with Gasteiger partial charge in [-0.2, -0.15) is 0 Å². The quantitative estimate of drug-likeness (QED) is 0.724. The third-order valence-electron chi connectivity index (χ3n) is 3.86. The average molecular weight is 341 g/mol. The van der Waals surface area contributed by atoms with Gasteiger partial charge < -0.3 is 5.11 Å². The van der Waals surface area contributed by atoms with Crippen LogP contribution in [0.2, 0.25) is 0 Å². The molecular formula is C19H19NO3S. The number of fused-ring (bicyclic) bond motifs is 1. The predicted molar refractivity (Wildman–Crippen MR) is 95.3 cm³/mol.